The second kappa shape index (κ2) is 9.34. The molecular formula is C25H23N3O4. The second-order valence-electron chi connectivity index (χ2n) is 7.46. The van der Waals surface area contributed by atoms with E-state index in [2.05, 4.69) is 10.6 Å². The maximum Gasteiger partial charge on any atom is 0.257 e. The van der Waals surface area contributed by atoms with E-state index in [4.69, 9.17) is 4.74 Å². The van der Waals surface area contributed by atoms with Gasteiger partial charge in [-0.15, -0.1) is 0 Å². The van der Waals surface area contributed by atoms with Gasteiger partial charge in [-0.05, 0) is 48.5 Å². The standard InChI is InChI=1S/C25H23N3O4/c1-32-20-13-11-19(12-14-20)28-16-17(15-23(28)29)24(30)27-22-10-6-5-9-21(22)25(31)26-18-7-3-2-4-8-18/h2-14,17H,15-16H2,1H3,(H,26,31)(H,27,30). The van der Waals surface area contributed by atoms with Gasteiger partial charge in [0.15, 0.2) is 0 Å². The minimum atomic E-state index is -0.519. The highest BCUT2D eigenvalue weighted by Crippen LogP contribution is 2.28. The number of carbonyl (C=O) groups excluding carboxylic acids is 3. The van der Waals surface area contributed by atoms with Crippen LogP contribution < -0.4 is 20.3 Å². The van der Waals surface area contributed by atoms with Gasteiger partial charge in [0.25, 0.3) is 5.91 Å². The molecule has 1 saturated heterocycles. The van der Waals surface area contributed by atoms with E-state index in [-0.39, 0.29) is 30.7 Å². The molecule has 4 rings (SSSR count). The lowest BCUT2D eigenvalue weighted by molar-refractivity contribution is -0.122. The first-order valence-corrected chi connectivity index (χ1v) is 10.3. The van der Waals surface area contributed by atoms with Crippen molar-refractivity contribution in [2.45, 2.75) is 6.42 Å². The van der Waals surface area contributed by atoms with E-state index in [9.17, 15) is 14.4 Å². The van der Waals surface area contributed by atoms with E-state index >= 15 is 0 Å². The highest BCUT2D eigenvalue weighted by molar-refractivity contribution is 6.11. The number of para-hydroxylation sites is 2. The van der Waals surface area contributed by atoms with Crippen LogP contribution in [0.5, 0.6) is 5.75 Å². The van der Waals surface area contributed by atoms with Crippen LogP contribution >= 0.6 is 0 Å². The van der Waals surface area contributed by atoms with Crippen LogP contribution in [0.4, 0.5) is 17.1 Å². The maximum absolute atomic E-state index is 12.9. The number of benzene rings is 3. The molecule has 1 unspecified atom stereocenters. The number of hydrogen-bond acceptors (Lipinski definition) is 4. The number of carbonyl (C=O) groups is 3. The van der Waals surface area contributed by atoms with Crippen LogP contribution in [0.1, 0.15) is 16.8 Å². The molecular weight excluding hydrogens is 406 g/mol. The second-order valence-corrected chi connectivity index (χ2v) is 7.46. The molecule has 1 heterocycles. The Morgan fingerprint density at radius 3 is 2.31 bits per heavy atom. The van der Waals surface area contributed by atoms with Crippen molar-refractivity contribution in [1.29, 1.82) is 0 Å². The Hall–Kier alpha value is -4.13. The van der Waals surface area contributed by atoms with Crippen LogP contribution in [0.3, 0.4) is 0 Å². The fraction of sp³-hybridized carbons (Fsp3) is 0.160. The number of amides is 3. The van der Waals surface area contributed by atoms with Crippen molar-refractivity contribution in [3.8, 4) is 5.75 Å². The molecule has 0 bridgehead atoms. The molecule has 0 spiro atoms. The predicted octanol–water partition coefficient (Wildman–Crippen LogP) is 3.94. The lowest BCUT2D eigenvalue weighted by atomic mass is 10.1. The lowest BCUT2D eigenvalue weighted by Crippen LogP contribution is -2.28. The fourth-order valence-corrected chi connectivity index (χ4v) is 3.64. The molecule has 1 fully saturated rings. The van der Waals surface area contributed by atoms with Gasteiger partial charge in [0, 0.05) is 24.3 Å². The topological polar surface area (TPSA) is 87.7 Å². The van der Waals surface area contributed by atoms with Crippen molar-refractivity contribution in [2.75, 3.05) is 29.2 Å². The molecule has 0 aliphatic carbocycles. The van der Waals surface area contributed by atoms with E-state index in [1.165, 1.54) is 0 Å². The summed E-state index contributed by atoms with van der Waals surface area (Å²) in [6.07, 6.45) is 0.107. The maximum atomic E-state index is 12.9. The van der Waals surface area contributed by atoms with Gasteiger partial charge in [0.05, 0.1) is 24.3 Å². The number of nitrogens with zero attached hydrogens (tertiary/aromatic N) is 1. The average molecular weight is 429 g/mol. The molecule has 0 saturated carbocycles. The van der Waals surface area contributed by atoms with Gasteiger partial charge in [0.1, 0.15) is 5.75 Å². The van der Waals surface area contributed by atoms with Crippen molar-refractivity contribution < 1.29 is 19.1 Å². The van der Waals surface area contributed by atoms with Crippen LogP contribution in [0, 0.1) is 5.92 Å². The highest BCUT2D eigenvalue weighted by atomic mass is 16.5. The first kappa shape index (κ1) is 21.1. The van der Waals surface area contributed by atoms with E-state index in [1.807, 2.05) is 18.2 Å². The summed E-state index contributed by atoms with van der Waals surface area (Å²) in [7, 11) is 1.58. The van der Waals surface area contributed by atoms with Crippen LogP contribution in [-0.2, 0) is 9.59 Å². The Morgan fingerprint density at radius 1 is 0.906 bits per heavy atom. The van der Waals surface area contributed by atoms with Crippen LogP contribution in [-0.4, -0.2) is 31.4 Å². The smallest absolute Gasteiger partial charge is 0.257 e. The Bertz CT molecular complexity index is 1130. The zero-order chi connectivity index (χ0) is 22.5. The van der Waals surface area contributed by atoms with Gasteiger partial charge in [-0.1, -0.05) is 30.3 Å². The molecule has 1 atom stereocenters. The molecule has 0 aromatic heterocycles. The summed E-state index contributed by atoms with van der Waals surface area (Å²) in [5.74, 6) is -0.566. The normalized spacial score (nSPS) is 15.3. The van der Waals surface area contributed by atoms with Crippen molar-refractivity contribution in [3.05, 3.63) is 84.4 Å². The van der Waals surface area contributed by atoms with Gasteiger partial charge >= 0.3 is 0 Å². The summed E-state index contributed by atoms with van der Waals surface area (Å²) in [4.78, 5) is 39.8. The number of nitrogens with one attached hydrogen (secondary N) is 2. The van der Waals surface area contributed by atoms with E-state index in [0.29, 0.717) is 28.4 Å². The number of hydrogen-bond donors (Lipinski definition) is 2. The van der Waals surface area contributed by atoms with Gasteiger partial charge in [-0.2, -0.15) is 0 Å². The lowest BCUT2D eigenvalue weighted by Gasteiger charge is -2.17. The monoisotopic (exact) mass is 429 g/mol. The molecule has 3 amide bonds. The Labute approximate surface area is 186 Å². The molecule has 162 valence electrons. The summed E-state index contributed by atoms with van der Waals surface area (Å²) in [6, 6.07) is 23.0. The van der Waals surface area contributed by atoms with E-state index in [0.717, 1.165) is 0 Å². The zero-order valence-electron chi connectivity index (χ0n) is 17.6. The predicted molar refractivity (Wildman–Crippen MR) is 123 cm³/mol. The van der Waals surface area contributed by atoms with Crippen molar-refractivity contribution >= 4 is 34.8 Å². The molecule has 7 nitrogen and oxygen atoms in total. The molecule has 1 aliphatic rings. The zero-order valence-corrected chi connectivity index (χ0v) is 17.6. The number of methoxy groups -OCH3 is 1. The number of ether oxygens (including phenoxy) is 1. The van der Waals surface area contributed by atoms with Crippen LogP contribution in [0.15, 0.2) is 78.9 Å². The largest absolute Gasteiger partial charge is 0.497 e. The minimum Gasteiger partial charge on any atom is -0.497 e. The van der Waals surface area contributed by atoms with Crippen molar-refractivity contribution in [2.24, 2.45) is 5.92 Å². The third kappa shape index (κ3) is 4.62. The molecule has 3 aromatic carbocycles. The van der Waals surface area contributed by atoms with Crippen molar-refractivity contribution in [3.63, 3.8) is 0 Å². The molecule has 1 aliphatic heterocycles. The van der Waals surface area contributed by atoms with E-state index < -0.39 is 5.92 Å². The summed E-state index contributed by atoms with van der Waals surface area (Å²) in [5, 5.41) is 5.65. The average Bonchev–Trinajstić information content (AvgIpc) is 3.22. The Kier molecular flexibility index (Phi) is 6.17. The van der Waals surface area contributed by atoms with Crippen molar-refractivity contribution in [1.82, 2.24) is 0 Å². The van der Waals surface area contributed by atoms with Crippen LogP contribution in [0.25, 0.3) is 0 Å². The third-order valence-electron chi connectivity index (χ3n) is 5.34. The molecule has 0 radical (unpaired) electrons. The van der Waals surface area contributed by atoms with Gasteiger partial charge in [-0.3, -0.25) is 14.4 Å². The summed E-state index contributed by atoms with van der Waals surface area (Å²) < 4.78 is 5.15. The Balaban J connectivity index is 1.45. The SMILES string of the molecule is COc1ccc(N2CC(C(=O)Nc3ccccc3C(=O)Nc3ccccc3)CC2=O)cc1. The van der Waals surface area contributed by atoms with E-state index in [1.54, 1.807) is 72.7 Å². The molecule has 7 heteroatoms. The van der Waals surface area contributed by atoms with Gasteiger partial charge in [-0.25, -0.2) is 0 Å². The third-order valence-corrected chi connectivity index (χ3v) is 5.34. The highest BCUT2D eigenvalue weighted by Gasteiger charge is 2.35. The molecule has 2 N–H and O–H groups in total. The Morgan fingerprint density at radius 2 is 1.59 bits per heavy atom. The fourth-order valence-electron chi connectivity index (χ4n) is 3.64. The molecule has 32 heavy (non-hydrogen) atoms. The van der Waals surface area contributed by atoms with Gasteiger partial charge < -0.3 is 20.3 Å². The number of rotatable bonds is 6. The summed E-state index contributed by atoms with van der Waals surface area (Å²) in [5.41, 5.74) is 2.13. The first-order chi connectivity index (χ1) is 15.5. The van der Waals surface area contributed by atoms with Gasteiger partial charge in [0.2, 0.25) is 11.8 Å². The first-order valence-electron chi connectivity index (χ1n) is 10.3. The summed E-state index contributed by atoms with van der Waals surface area (Å²) in [6.45, 7) is 0.273. The molecule has 3 aromatic rings. The number of anilines is 3. The minimum absolute atomic E-state index is 0.107. The quantitative estimate of drug-likeness (QED) is 0.621. The summed E-state index contributed by atoms with van der Waals surface area (Å²) >= 11 is 0. The van der Waals surface area contributed by atoms with Crippen LogP contribution in [0.2, 0.25) is 0 Å².